The molecule has 2 aromatic heterocycles. The van der Waals surface area contributed by atoms with Crippen molar-refractivity contribution in [1.29, 1.82) is 0 Å². The summed E-state index contributed by atoms with van der Waals surface area (Å²) in [5, 5.41) is 2.36. The Labute approximate surface area is 355 Å². The van der Waals surface area contributed by atoms with E-state index in [4.69, 9.17) is 9.72 Å². The van der Waals surface area contributed by atoms with Gasteiger partial charge in [-0.3, -0.25) is 4.57 Å². The van der Waals surface area contributed by atoms with Gasteiger partial charge in [-0.2, -0.15) is 0 Å². The molecule has 0 aliphatic carbocycles. The fourth-order valence-corrected chi connectivity index (χ4v) is 8.67. The summed E-state index contributed by atoms with van der Waals surface area (Å²) in [6.07, 6.45) is 1.93. The van der Waals surface area contributed by atoms with Crippen molar-refractivity contribution in [3.05, 3.63) is 179 Å². The number of hydrogen-bond donors (Lipinski definition) is 0. The molecule has 0 amide bonds. The Bertz CT molecular complexity index is 2890. The molecule has 1 aliphatic heterocycles. The van der Waals surface area contributed by atoms with Gasteiger partial charge in [-0.1, -0.05) is 116 Å². The lowest BCUT2D eigenvalue weighted by Gasteiger charge is -2.28. The quantitative estimate of drug-likeness (QED) is 0.161. The normalized spacial score (nSPS) is 13.4. The molecule has 5 heteroatoms. The van der Waals surface area contributed by atoms with E-state index >= 15 is 0 Å². The molecule has 0 spiro atoms. The van der Waals surface area contributed by atoms with Gasteiger partial charge < -0.3 is 14.5 Å². The Kier molecular flexibility index (Phi) is 9.42. The van der Waals surface area contributed by atoms with Gasteiger partial charge in [0, 0.05) is 45.9 Å². The van der Waals surface area contributed by atoms with Crippen molar-refractivity contribution in [3.8, 4) is 17.3 Å². The minimum atomic E-state index is -0.110. The second-order valence-electron chi connectivity index (χ2n) is 19.2. The molecule has 9 rings (SSSR count). The molecule has 0 radical (unpaired) electrons. The molecule has 0 fully saturated rings. The van der Waals surface area contributed by atoms with Crippen LogP contribution in [0.3, 0.4) is 0 Å². The molecule has 302 valence electrons. The number of ether oxygens (including phenoxy) is 1. The van der Waals surface area contributed by atoms with Crippen molar-refractivity contribution < 1.29 is 4.74 Å². The molecule has 0 bridgehead atoms. The van der Waals surface area contributed by atoms with Crippen molar-refractivity contribution in [1.82, 2.24) is 9.55 Å². The van der Waals surface area contributed by atoms with E-state index in [9.17, 15) is 0 Å². The lowest BCUT2D eigenvalue weighted by Crippen LogP contribution is -2.25. The lowest BCUT2D eigenvalue weighted by molar-refractivity contribution is 0.479. The van der Waals surface area contributed by atoms with Crippen molar-refractivity contribution in [2.45, 2.75) is 85.5 Å². The molecule has 0 N–H and O–H groups in total. The number of anilines is 4. The summed E-state index contributed by atoms with van der Waals surface area (Å²) in [5.74, 6) is 2.49. The van der Waals surface area contributed by atoms with Crippen LogP contribution in [0.1, 0.15) is 88.8 Å². The van der Waals surface area contributed by atoms with Gasteiger partial charge in [0.1, 0.15) is 24.0 Å². The maximum absolute atomic E-state index is 6.94. The first-order valence-electron chi connectivity index (χ1n) is 21.2. The van der Waals surface area contributed by atoms with Crippen molar-refractivity contribution in [2.24, 2.45) is 0 Å². The predicted molar refractivity (Wildman–Crippen MR) is 253 cm³/mol. The molecule has 8 aromatic rings. The third kappa shape index (κ3) is 7.00. The van der Waals surface area contributed by atoms with E-state index in [0.717, 1.165) is 34.0 Å². The number of fused-ring (bicyclic) bond motifs is 4. The van der Waals surface area contributed by atoms with E-state index in [1.54, 1.807) is 0 Å². The van der Waals surface area contributed by atoms with E-state index in [1.165, 1.54) is 61.2 Å². The van der Waals surface area contributed by atoms with E-state index in [2.05, 4.69) is 223 Å². The number of rotatable bonds is 7. The highest BCUT2D eigenvalue weighted by Crippen LogP contribution is 2.48. The number of nitrogens with zero attached hydrogens (tertiary/aromatic N) is 4. The summed E-state index contributed by atoms with van der Waals surface area (Å²) < 4.78 is 9.21. The first-order chi connectivity index (χ1) is 28.6. The van der Waals surface area contributed by atoms with Crippen LogP contribution >= 0.6 is 0 Å². The average molecular weight is 789 g/mol. The first kappa shape index (κ1) is 39.1. The summed E-state index contributed by atoms with van der Waals surface area (Å²) >= 11 is 0. The minimum absolute atomic E-state index is 0.00470. The zero-order chi connectivity index (χ0) is 42.1. The highest BCUT2D eigenvalue weighted by atomic mass is 16.5. The predicted octanol–water partition coefficient (Wildman–Crippen LogP) is 14.8. The fourth-order valence-electron chi connectivity index (χ4n) is 8.67. The molecule has 0 saturated heterocycles. The van der Waals surface area contributed by atoms with Crippen LogP contribution in [-0.4, -0.2) is 16.2 Å². The summed E-state index contributed by atoms with van der Waals surface area (Å²) in [7, 11) is 0. The molecule has 1 aliphatic rings. The molecule has 60 heavy (non-hydrogen) atoms. The van der Waals surface area contributed by atoms with Crippen LogP contribution in [0.2, 0.25) is 0 Å². The van der Waals surface area contributed by atoms with Crippen molar-refractivity contribution in [3.63, 3.8) is 0 Å². The average Bonchev–Trinajstić information content (AvgIpc) is 3.76. The number of benzene rings is 6. The number of para-hydroxylation sites is 1. The van der Waals surface area contributed by atoms with Gasteiger partial charge >= 0.3 is 0 Å². The summed E-state index contributed by atoms with van der Waals surface area (Å²) in [5.41, 5.74) is 14.2. The number of aromatic nitrogens is 2. The van der Waals surface area contributed by atoms with Crippen LogP contribution in [0.5, 0.6) is 11.5 Å². The van der Waals surface area contributed by atoms with Gasteiger partial charge in [0.25, 0.3) is 0 Å². The van der Waals surface area contributed by atoms with Gasteiger partial charge in [-0.05, 0) is 125 Å². The summed E-state index contributed by atoms with van der Waals surface area (Å²) in [4.78, 5) is 9.79. The molecule has 0 saturated carbocycles. The molecule has 0 unspecified atom stereocenters. The van der Waals surface area contributed by atoms with Crippen LogP contribution in [0.4, 0.5) is 22.7 Å². The highest BCUT2D eigenvalue weighted by Gasteiger charge is 2.31. The third-order valence-electron chi connectivity index (χ3n) is 12.6. The largest absolute Gasteiger partial charge is 0.457 e. The lowest BCUT2D eigenvalue weighted by atomic mass is 9.78. The van der Waals surface area contributed by atoms with Gasteiger partial charge in [0.15, 0.2) is 0 Å². The maximum Gasteiger partial charge on any atom is 0.137 e. The van der Waals surface area contributed by atoms with E-state index in [-0.39, 0.29) is 16.2 Å². The van der Waals surface area contributed by atoms with Gasteiger partial charge in [0.2, 0.25) is 0 Å². The van der Waals surface area contributed by atoms with Gasteiger partial charge in [-0.15, -0.1) is 0 Å². The Balaban J connectivity index is 1.11. The fraction of sp³-hybridized carbons (Fsp3) is 0.255. The minimum Gasteiger partial charge on any atom is -0.457 e. The Morgan fingerprint density at radius 2 is 1.10 bits per heavy atom. The Morgan fingerprint density at radius 1 is 0.483 bits per heavy atom. The summed E-state index contributed by atoms with van der Waals surface area (Å²) in [6.45, 7) is 23.3. The van der Waals surface area contributed by atoms with Crippen molar-refractivity contribution in [2.75, 3.05) is 16.5 Å². The van der Waals surface area contributed by atoms with Crippen LogP contribution in [0.25, 0.3) is 27.6 Å². The number of aryl methyl sites for hydroxylation is 2. The van der Waals surface area contributed by atoms with Gasteiger partial charge in [0.05, 0.1) is 22.4 Å². The topological polar surface area (TPSA) is 33.5 Å². The standard InChI is InChI=1S/C55H56N4O/c1-36-28-50-51(29-37(36)2)58(35-57(50)42-22-20-39(21-23-42)55(9,10)38-16-12-11-13-17-38)43-30-41(54(6,7)8)31-45(33-43)60-44-24-25-47-46-18-14-15-19-48(46)59(49(47)34-44)52-32-40(26-27-56-52)53(3,4)5/h11-34H,35H2,1-10H3. The second kappa shape index (κ2) is 14.4. The third-order valence-corrected chi connectivity index (χ3v) is 12.6. The molecule has 3 heterocycles. The van der Waals surface area contributed by atoms with E-state index < -0.39 is 0 Å². The first-order valence-corrected chi connectivity index (χ1v) is 21.2. The molecule has 0 atom stereocenters. The van der Waals surface area contributed by atoms with Crippen LogP contribution < -0.4 is 14.5 Å². The van der Waals surface area contributed by atoms with Crippen LogP contribution in [0, 0.1) is 13.8 Å². The van der Waals surface area contributed by atoms with E-state index in [1.807, 2.05) is 6.20 Å². The molecule has 5 nitrogen and oxygen atoms in total. The highest BCUT2D eigenvalue weighted by molar-refractivity contribution is 6.09. The molecule has 6 aromatic carbocycles. The van der Waals surface area contributed by atoms with Gasteiger partial charge in [-0.25, -0.2) is 4.98 Å². The molecular weight excluding hydrogens is 733 g/mol. The van der Waals surface area contributed by atoms with Crippen LogP contribution in [-0.2, 0) is 16.2 Å². The maximum atomic E-state index is 6.94. The van der Waals surface area contributed by atoms with Crippen molar-refractivity contribution >= 4 is 44.6 Å². The Hall–Kier alpha value is -6.33. The number of pyridine rings is 1. The summed E-state index contributed by atoms with van der Waals surface area (Å²) in [6, 6.07) is 50.8. The second-order valence-corrected chi connectivity index (χ2v) is 19.2. The van der Waals surface area contributed by atoms with Crippen LogP contribution in [0.15, 0.2) is 146 Å². The smallest absolute Gasteiger partial charge is 0.137 e. The monoisotopic (exact) mass is 788 g/mol. The zero-order valence-corrected chi connectivity index (χ0v) is 36.8. The number of hydrogen-bond acceptors (Lipinski definition) is 4. The zero-order valence-electron chi connectivity index (χ0n) is 36.8. The Morgan fingerprint density at radius 3 is 1.78 bits per heavy atom. The van der Waals surface area contributed by atoms with E-state index in [0.29, 0.717) is 6.67 Å². The molecular formula is C55H56N4O. The SMILES string of the molecule is Cc1cc2c(cc1C)N(c1cc(Oc3ccc4c5ccccc5n(-c5cc(C(C)(C)C)ccn5)c4c3)cc(C(C)(C)C)c1)CN2c1ccc(C(C)(C)c2ccccc2)cc1.